The first-order valence-electron chi connectivity index (χ1n) is 6.28. The maximum atomic E-state index is 11.9. The van der Waals surface area contributed by atoms with Gasteiger partial charge in [-0.15, -0.1) is 0 Å². The van der Waals surface area contributed by atoms with Gasteiger partial charge in [0.15, 0.2) is 0 Å². The zero-order valence-electron chi connectivity index (χ0n) is 11.7. The van der Waals surface area contributed by atoms with Crippen LogP contribution in [0.15, 0.2) is 0 Å². The third-order valence-electron chi connectivity index (χ3n) is 2.94. The van der Waals surface area contributed by atoms with E-state index in [1.807, 2.05) is 0 Å². The number of carbonyl (C=O) groups is 4. The summed E-state index contributed by atoms with van der Waals surface area (Å²) in [4.78, 5) is 46.4. The fourth-order valence-corrected chi connectivity index (χ4v) is 1.84. The van der Waals surface area contributed by atoms with Gasteiger partial charge in [0.1, 0.15) is 12.1 Å². The summed E-state index contributed by atoms with van der Waals surface area (Å²) in [7, 11) is 0. The Labute approximate surface area is 116 Å². The molecule has 1 heterocycles. The lowest BCUT2D eigenvalue weighted by Crippen LogP contribution is -2.45. The van der Waals surface area contributed by atoms with E-state index in [0.717, 1.165) is 4.90 Å². The second-order valence-electron chi connectivity index (χ2n) is 5.35. The van der Waals surface area contributed by atoms with Crippen LogP contribution in [0, 0.1) is 0 Å². The highest BCUT2D eigenvalue weighted by molar-refractivity contribution is 6.08. The zero-order chi connectivity index (χ0) is 15.5. The molecule has 20 heavy (non-hydrogen) atoms. The summed E-state index contributed by atoms with van der Waals surface area (Å²) in [5.74, 6) is -1.90. The lowest BCUT2D eigenvalue weighted by molar-refractivity contribution is -0.137. The van der Waals surface area contributed by atoms with Gasteiger partial charge in [-0.1, -0.05) is 0 Å². The van der Waals surface area contributed by atoms with Crippen LogP contribution in [0.2, 0.25) is 0 Å². The van der Waals surface area contributed by atoms with E-state index in [2.05, 4.69) is 10.6 Å². The molecule has 0 aromatic heterocycles. The molecule has 112 valence electrons. The summed E-state index contributed by atoms with van der Waals surface area (Å²) < 4.78 is 0. The van der Waals surface area contributed by atoms with Crippen molar-refractivity contribution in [2.45, 2.75) is 45.2 Å². The summed E-state index contributed by atoms with van der Waals surface area (Å²) >= 11 is 0. The van der Waals surface area contributed by atoms with Crippen molar-refractivity contribution >= 4 is 23.8 Å². The van der Waals surface area contributed by atoms with Gasteiger partial charge in [0.2, 0.25) is 5.91 Å². The summed E-state index contributed by atoms with van der Waals surface area (Å²) in [5, 5.41) is 13.6. The van der Waals surface area contributed by atoms with Crippen molar-refractivity contribution in [2.24, 2.45) is 0 Å². The number of hydrogen-bond acceptors (Lipinski definition) is 4. The van der Waals surface area contributed by atoms with Crippen LogP contribution in [-0.4, -0.2) is 51.9 Å². The Morgan fingerprint density at radius 3 is 2.45 bits per heavy atom. The highest BCUT2D eigenvalue weighted by Crippen LogP contribution is 2.15. The minimum absolute atomic E-state index is 0.0579. The summed E-state index contributed by atoms with van der Waals surface area (Å²) in [6.45, 7) is 4.41. The number of urea groups is 1. The van der Waals surface area contributed by atoms with E-state index >= 15 is 0 Å². The first-order chi connectivity index (χ1) is 9.13. The van der Waals surface area contributed by atoms with E-state index in [0.29, 0.717) is 0 Å². The number of amides is 4. The van der Waals surface area contributed by atoms with Gasteiger partial charge >= 0.3 is 12.0 Å². The first kappa shape index (κ1) is 15.9. The van der Waals surface area contributed by atoms with Crippen molar-refractivity contribution < 1.29 is 24.3 Å². The zero-order valence-corrected chi connectivity index (χ0v) is 11.7. The second-order valence-corrected chi connectivity index (χ2v) is 5.35. The molecule has 0 spiro atoms. The molecular formula is C12H19N3O5. The average molecular weight is 285 g/mol. The quantitative estimate of drug-likeness (QED) is 0.579. The third-order valence-corrected chi connectivity index (χ3v) is 2.94. The number of carboxylic acid groups (broad SMARTS) is 1. The first-order valence-corrected chi connectivity index (χ1v) is 6.28. The molecule has 0 aliphatic carbocycles. The minimum Gasteiger partial charge on any atom is -0.481 e. The SMILES string of the molecule is CC(CCC(=O)O)NC(=O)CN1C(=O)NC(C)(C)C1=O. The van der Waals surface area contributed by atoms with Crippen LogP contribution in [0.25, 0.3) is 0 Å². The van der Waals surface area contributed by atoms with Gasteiger partial charge in [0.05, 0.1) is 0 Å². The number of carboxylic acids is 1. The number of imide groups is 1. The number of nitrogens with one attached hydrogen (secondary N) is 2. The Balaban J connectivity index is 2.49. The average Bonchev–Trinajstić information content (AvgIpc) is 2.49. The van der Waals surface area contributed by atoms with E-state index < -0.39 is 29.4 Å². The van der Waals surface area contributed by atoms with E-state index in [1.54, 1.807) is 20.8 Å². The van der Waals surface area contributed by atoms with Crippen LogP contribution in [-0.2, 0) is 14.4 Å². The molecule has 1 aliphatic heterocycles. The fraction of sp³-hybridized carbons (Fsp3) is 0.667. The Hall–Kier alpha value is -2.12. The monoisotopic (exact) mass is 285 g/mol. The standard InChI is InChI=1S/C12H19N3O5/c1-7(4-5-9(17)18)13-8(16)6-15-10(19)12(2,3)14-11(15)20/h7H,4-6H2,1-3H3,(H,13,16)(H,14,20)(H,17,18). The highest BCUT2D eigenvalue weighted by Gasteiger charge is 2.44. The maximum Gasteiger partial charge on any atom is 0.325 e. The predicted octanol–water partition coefficient (Wildman–Crippen LogP) is -0.314. The van der Waals surface area contributed by atoms with Crippen molar-refractivity contribution in [3.05, 3.63) is 0 Å². The summed E-state index contributed by atoms with van der Waals surface area (Å²) in [6.07, 6.45) is 0.227. The minimum atomic E-state index is -1.01. The molecule has 0 bridgehead atoms. The number of nitrogens with zero attached hydrogens (tertiary/aromatic N) is 1. The van der Waals surface area contributed by atoms with E-state index in [4.69, 9.17) is 5.11 Å². The van der Waals surface area contributed by atoms with Crippen molar-refractivity contribution in [3.63, 3.8) is 0 Å². The van der Waals surface area contributed by atoms with E-state index in [9.17, 15) is 19.2 Å². The molecule has 4 amide bonds. The third kappa shape index (κ3) is 3.94. The molecule has 1 aliphatic rings. The van der Waals surface area contributed by atoms with Crippen LogP contribution >= 0.6 is 0 Å². The number of hydrogen-bond donors (Lipinski definition) is 3. The number of carbonyl (C=O) groups excluding carboxylic acids is 3. The fourth-order valence-electron chi connectivity index (χ4n) is 1.84. The van der Waals surface area contributed by atoms with Gasteiger partial charge in [0, 0.05) is 12.5 Å². The van der Waals surface area contributed by atoms with Gasteiger partial charge in [0.25, 0.3) is 5.91 Å². The number of aliphatic carboxylic acids is 1. The molecule has 0 saturated carbocycles. The normalized spacial score (nSPS) is 18.6. The maximum absolute atomic E-state index is 11.9. The van der Waals surface area contributed by atoms with Gasteiger partial charge in [-0.3, -0.25) is 19.3 Å². The molecule has 1 fully saturated rings. The molecule has 3 N–H and O–H groups in total. The van der Waals surface area contributed by atoms with E-state index in [1.165, 1.54) is 0 Å². The van der Waals surface area contributed by atoms with Crippen LogP contribution in [0.3, 0.4) is 0 Å². The van der Waals surface area contributed by atoms with Gasteiger partial charge in [-0.05, 0) is 27.2 Å². The van der Waals surface area contributed by atoms with Crippen LogP contribution in [0.5, 0.6) is 0 Å². The van der Waals surface area contributed by atoms with Crippen molar-refractivity contribution in [2.75, 3.05) is 6.54 Å². The van der Waals surface area contributed by atoms with Crippen LogP contribution < -0.4 is 10.6 Å². The topological polar surface area (TPSA) is 116 Å². The second kappa shape index (κ2) is 5.89. The van der Waals surface area contributed by atoms with Gasteiger partial charge in [-0.2, -0.15) is 0 Å². The molecule has 1 rings (SSSR count). The van der Waals surface area contributed by atoms with Gasteiger partial charge < -0.3 is 15.7 Å². The van der Waals surface area contributed by atoms with Crippen molar-refractivity contribution in [1.29, 1.82) is 0 Å². The summed E-state index contributed by atoms with van der Waals surface area (Å²) in [5.41, 5.74) is -1.01. The van der Waals surface area contributed by atoms with Crippen molar-refractivity contribution in [3.8, 4) is 0 Å². The van der Waals surface area contributed by atoms with E-state index in [-0.39, 0.29) is 25.4 Å². The largest absolute Gasteiger partial charge is 0.481 e. The molecule has 0 aromatic rings. The molecule has 0 aromatic carbocycles. The Kier molecular flexibility index (Phi) is 4.69. The van der Waals surface area contributed by atoms with Crippen LogP contribution in [0.1, 0.15) is 33.6 Å². The Morgan fingerprint density at radius 1 is 1.40 bits per heavy atom. The Morgan fingerprint density at radius 2 is 2.00 bits per heavy atom. The van der Waals surface area contributed by atoms with Gasteiger partial charge in [-0.25, -0.2) is 4.79 Å². The Bertz CT molecular complexity index is 446. The predicted molar refractivity (Wildman–Crippen MR) is 68.8 cm³/mol. The smallest absolute Gasteiger partial charge is 0.325 e. The molecular weight excluding hydrogens is 266 g/mol. The lowest BCUT2D eigenvalue weighted by atomic mass is 10.1. The highest BCUT2D eigenvalue weighted by atomic mass is 16.4. The molecule has 1 atom stereocenters. The molecule has 1 saturated heterocycles. The molecule has 8 heteroatoms. The lowest BCUT2D eigenvalue weighted by Gasteiger charge is -2.17. The molecule has 8 nitrogen and oxygen atoms in total. The number of rotatable bonds is 6. The molecule has 1 unspecified atom stereocenters. The van der Waals surface area contributed by atoms with Crippen LogP contribution in [0.4, 0.5) is 4.79 Å². The summed E-state index contributed by atoms with van der Waals surface area (Å²) in [6, 6.07) is -0.944. The van der Waals surface area contributed by atoms with Crippen molar-refractivity contribution in [1.82, 2.24) is 15.5 Å². The molecule has 0 radical (unpaired) electrons.